The number of amides is 2. The van der Waals surface area contributed by atoms with Crippen molar-refractivity contribution in [2.75, 3.05) is 33.0 Å². The SMILES string of the molecule is C=CCC(CC(=O)NCCOCCO)C(=O)NC(CO)C(C)C. The van der Waals surface area contributed by atoms with E-state index in [1.807, 2.05) is 13.8 Å². The third-order valence-corrected chi connectivity index (χ3v) is 3.39. The first-order chi connectivity index (χ1) is 11.0. The third kappa shape index (κ3) is 10.0. The van der Waals surface area contributed by atoms with Crippen molar-refractivity contribution in [2.24, 2.45) is 11.8 Å². The highest BCUT2D eigenvalue weighted by Crippen LogP contribution is 2.11. The lowest BCUT2D eigenvalue weighted by Crippen LogP contribution is -2.45. The fourth-order valence-electron chi connectivity index (χ4n) is 1.93. The van der Waals surface area contributed by atoms with Gasteiger partial charge in [-0.25, -0.2) is 0 Å². The molecule has 7 nitrogen and oxygen atoms in total. The second-order valence-electron chi connectivity index (χ2n) is 5.65. The fraction of sp³-hybridized carbons (Fsp3) is 0.750. The van der Waals surface area contributed by atoms with Gasteiger partial charge in [0.25, 0.3) is 0 Å². The van der Waals surface area contributed by atoms with Crippen LogP contribution in [0.25, 0.3) is 0 Å². The van der Waals surface area contributed by atoms with Crippen LogP contribution in [-0.2, 0) is 14.3 Å². The van der Waals surface area contributed by atoms with E-state index in [1.54, 1.807) is 6.08 Å². The maximum absolute atomic E-state index is 12.3. The number of aliphatic hydroxyl groups is 2. The van der Waals surface area contributed by atoms with Gasteiger partial charge in [-0.2, -0.15) is 0 Å². The highest BCUT2D eigenvalue weighted by molar-refractivity contribution is 5.86. The van der Waals surface area contributed by atoms with Gasteiger partial charge in [0.1, 0.15) is 0 Å². The molecule has 0 aromatic rings. The minimum atomic E-state index is -0.515. The number of ether oxygens (including phenoxy) is 1. The predicted molar refractivity (Wildman–Crippen MR) is 87.7 cm³/mol. The van der Waals surface area contributed by atoms with Crippen LogP contribution >= 0.6 is 0 Å². The predicted octanol–water partition coefficient (Wildman–Crippen LogP) is -0.173. The van der Waals surface area contributed by atoms with Crippen molar-refractivity contribution in [1.82, 2.24) is 10.6 Å². The van der Waals surface area contributed by atoms with Crippen LogP contribution in [0.4, 0.5) is 0 Å². The second kappa shape index (κ2) is 13.0. The van der Waals surface area contributed by atoms with Gasteiger partial charge in [-0.1, -0.05) is 19.9 Å². The van der Waals surface area contributed by atoms with Crippen LogP contribution in [0.2, 0.25) is 0 Å². The number of carbonyl (C=O) groups excluding carboxylic acids is 2. The van der Waals surface area contributed by atoms with Crippen LogP contribution in [-0.4, -0.2) is 61.0 Å². The normalized spacial score (nSPS) is 13.4. The Hall–Kier alpha value is -1.44. The molecule has 0 aromatic heterocycles. The average molecular weight is 330 g/mol. The fourth-order valence-corrected chi connectivity index (χ4v) is 1.93. The van der Waals surface area contributed by atoms with Gasteiger partial charge in [-0.3, -0.25) is 9.59 Å². The molecular weight excluding hydrogens is 300 g/mol. The molecule has 7 heteroatoms. The number of carbonyl (C=O) groups is 2. The lowest BCUT2D eigenvalue weighted by Gasteiger charge is -2.23. The van der Waals surface area contributed by atoms with Gasteiger partial charge in [0.15, 0.2) is 0 Å². The van der Waals surface area contributed by atoms with Gasteiger partial charge in [0.05, 0.1) is 38.4 Å². The third-order valence-electron chi connectivity index (χ3n) is 3.39. The Balaban J connectivity index is 4.34. The van der Waals surface area contributed by atoms with E-state index in [1.165, 1.54) is 0 Å². The molecule has 0 fully saturated rings. The number of allylic oxidation sites excluding steroid dienone is 1. The van der Waals surface area contributed by atoms with Crippen molar-refractivity contribution >= 4 is 11.8 Å². The molecule has 2 atom stereocenters. The van der Waals surface area contributed by atoms with Crippen molar-refractivity contribution in [3.05, 3.63) is 12.7 Å². The van der Waals surface area contributed by atoms with Crippen LogP contribution < -0.4 is 10.6 Å². The minimum Gasteiger partial charge on any atom is -0.394 e. The maximum atomic E-state index is 12.3. The van der Waals surface area contributed by atoms with Crippen LogP contribution in [0.15, 0.2) is 12.7 Å². The van der Waals surface area contributed by atoms with E-state index in [9.17, 15) is 14.7 Å². The summed E-state index contributed by atoms with van der Waals surface area (Å²) >= 11 is 0. The monoisotopic (exact) mass is 330 g/mol. The lowest BCUT2D eigenvalue weighted by atomic mass is 9.97. The van der Waals surface area contributed by atoms with Crippen molar-refractivity contribution in [3.8, 4) is 0 Å². The summed E-state index contributed by atoms with van der Waals surface area (Å²) in [4.78, 5) is 24.1. The number of aliphatic hydroxyl groups excluding tert-OH is 2. The zero-order valence-corrected chi connectivity index (χ0v) is 14.1. The maximum Gasteiger partial charge on any atom is 0.224 e. The van der Waals surface area contributed by atoms with Gasteiger partial charge < -0.3 is 25.6 Å². The Bertz CT molecular complexity index is 360. The quantitative estimate of drug-likeness (QED) is 0.277. The first kappa shape index (κ1) is 21.6. The van der Waals surface area contributed by atoms with Gasteiger partial charge in [-0.15, -0.1) is 6.58 Å². The van der Waals surface area contributed by atoms with Crippen LogP contribution in [0.3, 0.4) is 0 Å². The van der Waals surface area contributed by atoms with E-state index in [0.717, 1.165) is 0 Å². The summed E-state index contributed by atoms with van der Waals surface area (Å²) in [6, 6.07) is -0.329. The second-order valence-corrected chi connectivity index (χ2v) is 5.65. The van der Waals surface area contributed by atoms with E-state index < -0.39 is 5.92 Å². The number of nitrogens with one attached hydrogen (secondary N) is 2. The van der Waals surface area contributed by atoms with E-state index in [2.05, 4.69) is 17.2 Å². The molecule has 0 heterocycles. The Kier molecular flexibility index (Phi) is 12.2. The van der Waals surface area contributed by atoms with E-state index >= 15 is 0 Å². The van der Waals surface area contributed by atoms with Crippen molar-refractivity contribution < 1.29 is 24.5 Å². The first-order valence-electron chi connectivity index (χ1n) is 7.93. The van der Waals surface area contributed by atoms with Crippen LogP contribution in [0.5, 0.6) is 0 Å². The molecule has 23 heavy (non-hydrogen) atoms. The molecule has 4 N–H and O–H groups in total. The Morgan fingerprint density at radius 1 is 1.26 bits per heavy atom. The molecule has 0 saturated carbocycles. The van der Waals surface area contributed by atoms with Gasteiger partial charge in [0.2, 0.25) is 11.8 Å². The largest absolute Gasteiger partial charge is 0.394 e. The summed E-state index contributed by atoms with van der Waals surface area (Å²) in [5.74, 6) is -0.918. The minimum absolute atomic E-state index is 0.0497. The standard InChI is InChI=1S/C16H30N2O5/c1-4-5-13(16(22)18-14(11-20)12(2)3)10-15(21)17-6-8-23-9-7-19/h4,12-14,19-20H,1,5-11H2,2-3H3,(H,17,21)(H,18,22). The Labute approximate surface area is 138 Å². The van der Waals surface area contributed by atoms with Crippen LogP contribution in [0.1, 0.15) is 26.7 Å². The number of hydrogen-bond acceptors (Lipinski definition) is 5. The molecule has 134 valence electrons. The summed E-state index contributed by atoms with van der Waals surface area (Å²) in [5.41, 5.74) is 0. The van der Waals surface area contributed by atoms with Gasteiger partial charge in [-0.05, 0) is 12.3 Å². The van der Waals surface area contributed by atoms with Crippen molar-refractivity contribution in [1.29, 1.82) is 0 Å². The molecule has 0 saturated heterocycles. The number of rotatable bonds is 13. The van der Waals surface area contributed by atoms with Crippen LogP contribution in [0, 0.1) is 11.8 Å². The molecule has 0 spiro atoms. The topological polar surface area (TPSA) is 108 Å². The molecule has 2 unspecified atom stereocenters. The molecule has 0 aliphatic rings. The van der Waals surface area contributed by atoms with E-state index in [4.69, 9.17) is 9.84 Å². The Morgan fingerprint density at radius 2 is 1.96 bits per heavy atom. The average Bonchev–Trinajstić information content (AvgIpc) is 2.51. The van der Waals surface area contributed by atoms with Crippen molar-refractivity contribution in [2.45, 2.75) is 32.7 Å². The smallest absolute Gasteiger partial charge is 0.224 e. The molecule has 2 amide bonds. The van der Waals surface area contributed by atoms with Gasteiger partial charge in [0, 0.05) is 13.0 Å². The zero-order chi connectivity index (χ0) is 17.7. The highest BCUT2D eigenvalue weighted by Gasteiger charge is 2.24. The molecular formula is C16H30N2O5. The van der Waals surface area contributed by atoms with Crippen molar-refractivity contribution in [3.63, 3.8) is 0 Å². The summed E-state index contributed by atoms with van der Waals surface area (Å²) in [6.07, 6.45) is 2.04. The molecule has 0 rings (SSSR count). The lowest BCUT2D eigenvalue weighted by molar-refractivity contribution is -0.131. The molecule has 0 radical (unpaired) electrons. The summed E-state index contributed by atoms with van der Waals surface area (Å²) in [7, 11) is 0. The number of hydrogen-bond donors (Lipinski definition) is 4. The Morgan fingerprint density at radius 3 is 2.48 bits per heavy atom. The van der Waals surface area contributed by atoms with E-state index in [-0.39, 0.29) is 50.0 Å². The molecule has 0 bridgehead atoms. The molecule has 0 aliphatic carbocycles. The summed E-state index contributed by atoms with van der Waals surface area (Å²) in [6.45, 7) is 8.10. The summed E-state index contributed by atoms with van der Waals surface area (Å²) < 4.78 is 5.04. The molecule has 0 aliphatic heterocycles. The first-order valence-corrected chi connectivity index (χ1v) is 7.93. The molecule has 0 aromatic carbocycles. The zero-order valence-electron chi connectivity index (χ0n) is 14.1. The summed E-state index contributed by atoms with van der Waals surface area (Å²) in [5, 5.41) is 23.3. The van der Waals surface area contributed by atoms with Gasteiger partial charge >= 0.3 is 0 Å². The highest BCUT2D eigenvalue weighted by atomic mass is 16.5. The van der Waals surface area contributed by atoms with E-state index in [0.29, 0.717) is 19.6 Å².